The van der Waals surface area contributed by atoms with Crippen LogP contribution in [0.2, 0.25) is 0 Å². The van der Waals surface area contributed by atoms with E-state index in [1.54, 1.807) is 14.0 Å². The van der Waals surface area contributed by atoms with Gasteiger partial charge >= 0.3 is 0 Å². The quantitative estimate of drug-likeness (QED) is 0.725. The van der Waals surface area contributed by atoms with Crippen LogP contribution in [0.4, 0.5) is 10.3 Å². The maximum absolute atomic E-state index is 12.7. The summed E-state index contributed by atoms with van der Waals surface area (Å²) < 4.78 is 12.7. The van der Waals surface area contributed by atoms with Crippen molar-refractivity contribution in [3.05, 3.63) is 11.6 Å². The van der Waals surface area contributed by atoms with Crippen molar-refractivity contribution in [2.24, 2.45) is 0 Å². The van der Waals surface area contributed by atoms with Crippen LogP contribution < -0.4 is 5.32 Å². The topological polar surface area (TPSA) is 50.7 Å². The maximum atomic E-state index is 12.7. The smallest absolute Gasteiger partial charge is 0.226 e. The Balaban J connectivity index is 3.06. The number of anilines is 1. The van der Waals surface area contributed by atoms with Crippen LogP contribution in [-0.2, 0) is 0 Å². The zero-order chi connectivity index (χ0) is 9.14. The highest BCUT2D eigenvalue weighted by Crippen LogP contribution is 2.12. The molecule has 0 radical (unpaired) electrons. The van der Waals surface area contributed by atoms with E-state index in [0.717, 1.165) is 0 Å². The van der Waals surface area contributed by atoms with E-state index in [-0.39, 0.29) is 5.82 Å². The molecule has 0 bridgehead atoms. The van der Waals surface area contributed by atoms with Gasteiger partial charge in [-0.1, -0.05) is 0 Å². The molecule has 66 valence electrons. The molecule has 0 aliphatic heterocycles. The molecule has 0 amide bonds. The summed E-state index contributed by atoms with van der Waals surface area (Å²) in [7, 11) is 1.68. The van der Waals surface area contributed by atoms with Gasteiger partial charge in [0.2, 0.25) is 5.95 Å². The van der Waals surface area contributed by atoms with Crippen LogP contribution in [0.3, 0.4) is 0 Å². The summed E-state index contributed by atoms with van der Waals surface area (Å²) in [5.41, 5.74) is 0. The molecule has 0 aromatic carbocycles. The van der Waals surface area contributed by atoms with Crippen LogP contribution in [0.15, 0.2) is 0 Å². The number of hydrogen-bond donors (Lipinski definition) is 1. The standard InChI is InChI=1S/C7H11FN4/c1-4(8)6-10-5(2)11-7(9-3)12-6/h4H,1-3H3,(H,9,10,11,12). The first-order chi connectivity index (χ1) is 5.63. The number of alkyl halides is 1. The van der Waals surface area contributed by atoms with Gasteiger partial charge in [0.05, 0.1) is 0 Å². The van der Waals surface area contributed by atoms with Crippen LogP contribution in [0.1, 0.15) is 24.7 Å². The van der Waals surface area contributed by atoms with Crippen LogP contribution in [-0.4, -0.2) is 22.0 Å². The third-order valence-corrected chi connectivity index (χ3v) is 1.34. The van der Waals surface area contributed by atoms with E-state index >= 15 is 0 Å². The Hall–Kier alpha value is -1.26. The molecule has 0 aliphatic rings. The second-order valence-electron chi connectivity index (χ2n) is 2.43. The third-order valence-electron chi connectivity index (χ3n) is 1.34. The lowest BCUT2D eigenvalue weighted by atomic mass is 10.4. The van der Waals surface area contributed by atoms with Crippen molar-refractivity contribution in [2.75, 3.05) is 12.4 Å². The van der Waals surface area contributed by atoms with E-state index in [0.29, 0.717) is 11.8 Å². The van der Waals surface area contributed by atoms with Crippen molar-refractivity contribution < 1.29 is 4.39 Å². The Bertz CT molecular complexity index is 274. The molecule has 5 heteroatoms. The molecule has 1 rings (SSSR count). The predicted octanol–water partition coefficient (Wildman–Crippen LogP) is 1.25. The molecule has 0 fully saturated rings. The first kappa shape index (κ1) is 8.83. The minimum Gasteiger partial charge on any atom is -0.357 e. The molecule has 1 atom stereocenters. The van der Waals surface area contributed by atoms with Gasteiger partial charge in [-0.3, -0.25) is 0 Å². The summed E-state index contributed by atoms with van der Waals surface area (Å²) in [5, 5.41) is 2.73. The first-order valence-corrected chi connectivity index (χ1v) is 3.68. The Morgan fingerprint density at radius 3 is 2.50 bits per heavy atom. The SMILES string of the molecule is CNc1nc(C)nc(C(C)F)n1. The molecular formula is C7H11FN4. The molecule has 0 spiro atoms. The van der Waals surface area contributed by atoms with E-state index in [4.69, 9.17) is 0 Å². The third kappa shape index (κ3) is 1.87. The van der Waals surface area contributed by atoms with Crippen LogP contribution >= 0.6 is 0 Å². The fourth-order valence-electron chi connectivity index (χ4n) is 0.792. The van der Waals surface area contributed by atoms with Crippen molar-refractivity contribution in [3.8, 4) is 0 Å². The second kappa shape index (κ2) is 3.42. The minimum absolute atomic E-state index is 0.173. The van der Waals surface area contributed by atoms with Crippen molar-refractivity contribution in [3.63, 3.8) is 0 Å². The lowest BCUT2D eigenvalue weighted by molar-refractivity contribution is 0.355. The summed E-state index contributed by atoms with van der Waals surface area (Å²) in [6, 6.07) is 0. The van der Waals surface area contributed by atoms with E-state index < -0.39 is 6.17 Å². The van der Waals surface area contributed by atoms with Crippen molar-refractivity contribution in [1.82, 2.24) is 15.0 Å². The van der Waals surface area contributed by atoms with Gasteiger partial charge in [0.1, 0.15) is 5.82 Å². The fourth-order valence-corrected chi connectivity index (χ4v) is 0.792. The molecule has 1 aromatic heterocycles. The van der Waals surface area contributed by atoms with Crippen molar-refractivity contribution in [1.29, 1.82) is 0 Å². The van der Waals surface area contributed by atoms with Gasteiger partial charge in [-0.2, -0.15) is 9.97 Å². The molecule has 0 aliphatic carbocycles. The van der Waals surface area contributed by atoms with E-state index in [1.165, 1.54) is 6.92 Å². The number of rotatable bonds is 2. The first-order valence-electron chi connectivity index (χ1n) is 3.68. The number of aryl methyl sites for hydroxylation is 1. The van der Waals surface area contributed by atoms with Crippen molar-refractivity contribution >= 4 is 5.95 Å². The van der Waals surface area contributed by atoms with Gasteiger partial charge in [0, 0.05) is 7.05 Å². The predicted molar refractivity (Wildman–Crippen MR) is 43.6 cm³/mol. The van der Waals surface area contributed by atoms with Crippen molar-refractivity contribution in [2.45, 2.75) is 20.0 Å². The average Bonchev–Trinajstić information content (AvgIpc) is 2.03. The lowest BCUT2D eigenvalue weighted by Gasteiger charge is -2.03. The zero-order valence-electron chi connectivity index (χ0n) is 7.30. The summed E-state index contributed by atoms with van der Waals surface area (Å²) in [6.07, 6.45) is -1.15. The van der Waals surface area contributed by atoms with Crippen LogP contribution in [0.25, 0.3) is 0 Å². The molecule has 1 unspecified atom stereocenters. The van der Waals surface area contributed by atoms with Gasteiger partial charge in [0.25, 0.3) is 0 Å². The normalized spacial score (nSPS) is 12.7. The minimum atomic E-state index is -1.15. The highest BCUT2D eigenvalue weighted by molar-refractivity contribution is 5.22. The van der Waals surface area contributed by atoms with Gasteiger partial charge < -0.3 is 5.32 Å². The maximum Gasteiger partial charge on any atom is 0.226 e. The number of hydrogen-bond acceptors (Lipinski definition) is 4. The molecule has 4 nitrogen and oxygen atoms in total. The molecule has 1 heterocycles. The van der Waals surface area contributed by atoms with E-state index in [1.807, 2.05) is 0 Å². The summed E-state index contributed by atoms with van der Waals surface area (Å²) >= 11 is 0. The van der Waals surface area contributed by atoms with Gasteiger partial charge in [-0.25, -0.2) is 9.37 Å². The molecule has 1 N–H and O–H groups in total. The Kier molecular flexibility index (Phi) is 2.52. The summed E-state index contributed by atoms with van der Waals surface area (Å²) in [5.74, 6) is 1.10. The second-order valence-corrected chi connectivity index (χ2v) is 2.43. The fraction of sp³-hybridized carbons (Fsp3) is 0.571. The number of nitrogens with zero attached hydrogens (tertiary/aromatic N) is 3. The van der Waals surface area contributed by atoms with E-state index in [2.05, 4.69) is 20.3 Å². The molecular weight excluding hydrogens is 159 g/mol. The van der Waals surface area contributed by atoms with Crippen LogP contribution in [0, 0.1) is 6.92 Å². The Morgan fingerprint density at radius 1 is 1.33 bits per heavy atom. The molecule has 1 aromatic rings. The largest absolute Gasteiger partial charge is 0.357 e. The highest BCUT2D eigenvalue weighted by Gasteiger charge is 2.08. The Morgan fingerprint density at radius 2 is 2.00 bits per heavy atom. The Labute approximate surface area is 70.3 Å². The summed E-state index contributed by atoms with van der Waals surface area (Å²) in [4.78, 5) is 11.6. The van der Waals surface area contributed by atoms with Gasteiger partial charge in [-0.15, -0.1) is 0 Å². The monoisotopic (exact) mass is 170 g/mol. The highest BCUT2D eigenvalue weighted by atomic mass is 19.1. The molecule has 0 saturated carbocycles. The number of halogens is 1. The van der Waals surface area contributed by atoms with Crippen LogP contribution in [0.5, 0.6) is 0 Å². The summed E-state index contributed by atoms with van der Waals surface area (Å²) in [6.45, 7) is 3.10. The number of nitrogens with one attached hydrogen (secondary N) is 1. The van der Waals surface area contributed by atoms with Gasteiger partial charge in [-0.05, 0) is 13.8 Å². The molecule has 0 saturated heterocycles. The van der Waals surface area contributed by atoms with Gasteiger partial charge in [0.15, 0.2) is 12.0 Å². The zero-order valence-corrected chi connectivity index (χ0v) is 7.30. The lowest BCUT2D eigenvalue weighted by Crippen LogP contribution is -2.05. The average molecular weight is 170 g/mol. The van der Waals surface area contributed by atoms with E-state index in [9.17, 15) is 4.39 Å². The number of aromatic nitrogens is 3. The molecule has 12 heavy (non-hydrogen) atoms.